The van der Waals surface area contributed by atoms with Crippen molar-refractivity contribution in [2.45, 2.75) is 17.1 Å². The van der Waals surface area contributed by atoms with Gasteiger partial charge in [-0.25, -0.2) is 9.37 Å². The summed E-state index contributed by atoms with van der Waals surface area (Å²) in [6, 6.07) is 7.78. The zero-order valence-electron chi connectivity index (χ0n) is 10.9. The van der Waals surface area contributed by atoms with E-state index in [9.17, 15) is 9.18 Å². The zero-order valence-corrected chi connectivity index (χ0v) is 13.3. The summed E-state index contributed by atoms with van der Waals surface area (Å²) in [6.07, 6.45) is 1.39. The van der Waals surface area contributed by atoms with Gasteiger partial charge < -0.3 is 5.32 Å². The van der Waals surface area contributed by atoms with Crippen LogP contribution in [0, 0.1) is 5.82 Å². The Hall–Kier alpha value is -1.30. The molecule has 0 spiro atoms. The maximum Gasteiger partial charge on any atom is 0.238 e. The molecule has 1 amide bonds. The summed E-state index contributed by atoms with van der Waals surface area (Å²) in [5, 5.41) is 2.72. The van der Waals surface area contributed by atoms with E-state index in [4.69, 9.17) is 23.2 Å². The summed E-state index contributed by atoms with van der Waals surface area (Å²) in [6.45, 7) is 1.68. The van der Waals surface area contributed by atoms with Gasteiger partial charge in [0.05, 0.1) is 15.3 Å². The molecule has 0 radical (unpaired) electrons. The predicted molar refractivity (Wildman–Crippen MR) is 84.6 cm³/mol. The molecular formula is C14H11Cl2FN2OS. The Bertz CT molecular complexity index is 669. The molecule has 0 fully saturated rings. The van der Waals surface area contributed by atoms with E-state index in [0.717, 1.165) is 11.8 Å². The second-order valence-electron chi connectivity index (χ2n) is 4.16. The number of anilines is 1. The molecule has 7 heteroatoms. The Balaban J connectivity index is 2.04. The Morgan fingerprint density at radius 1 is 1.38 bits per heavy atom. The van der Waals surface area contributed by atoms with Crippen molar-refractivity contribution in [3.8, 4) is 0 Å². The SMILES string of the molecule is C[C@H](Sc1ccccc1F)C(=O)Nc1ncc(Cl)cc1Cl. The van der Waals surface area contributed by atoms with E-state index in [1.54, 1.807) is 25.1 Å². The Morgan fingerprint density at radius 2 is 2.10 bits per heavy atom. The van der Waals surface area contributed by atoms with Crippen molar-refractivity contribution in [3.05, 3.63) is 52.4 Å². The molecule has 1 atom stereocenters. The fraction of sp³-hybridized carbons (Fsp3) is 0.143. The molecule has 110 valence electrons. The number of nitrogens with one attached hydrogen (secondary N) is 1. The lowest BCUT2D eigenvalue weighted by Gasteiger charge is -2.12. The number of benzene rings is 1. The fourth-order valence-corrected chi connectivity index (χ4v) is 2.82. The van der Waals surface area contributed by atoms with Crippen LogP contribution in [-0.2, 0) is 4.79 Å². The van der Waals surface area contributed by atoms with Crippen LogP contribution in [0.15, 0.2) is 41.4 Å². The van der Waals surface area contributed by atoms with Gasteiger partial charge in [-0.05, 0) is 25.1 Å². The van der Waals surface area contributed by atoms with Crippen LogP contribution in [0.1, 0.15) is 6.92 Å². The third-order valence-electron chi connectivity index (χ3n) is 2.56. The standard InChI is InChI=1S/C14H11Cl2FN2OS/c1-8(21-12-5-3-2-4-11(12)17)14(20)19-13-10(16)6-9(15)7-18-13/h2-8H,1H3,(H,18,19,20)/t8-/m0/s1. The maximum atomic E-state index is 13.5. The number of halogens is 3. The van der Waals surface area contributed by atoms with Crippen molar-refractivity contribution in [1.29, 1.82) is 0 Å². The highest BCUT2D eigenvalue weighted by Crippen LogP contribution is 2.28. The lowest BCUT2D eigenvalue weighted by molar-refractivity contribution is -0.115. The Morgan fingerprint density at radius 3 is 2.76 bits per heavy atom. The van der Waals surface area contributed by atoms with E-state index in [1.165, 1.54) is 18.3 Å². The lowest BCUT2D eigenvalue weighted by atomic mass is 10.3. The third-order valence-corrected chi connectivity index (χ3v) is 4.21. The summed E-state index contributed by atoms with van der Waals surface area (Å²) in [5.41, 5.74) is 0. The highest BCUT2D eigenvalue weighted by atomic mass is 35.5. The Kier molecular flexibility index (Phi) is 5.45. The van der Waals surface area contributed by atoms with Crippen LogP contribution < -0.4 is 5.32 Å². The minimum atomic E-state index is -0.504. The van der Waals surface area contributed by atoms with Gasteiger partial charge in [-0.1, -0.05) is 35.3 Å². The van der Waals surface area contributed by atoms with Crippen molar-refractivity contribution in [3.63, 3.8) is 0 Å². The van der Waals surface area contributed by atoms with Gasteiger partial charge in [0.25, 0.3) is 0 Å². The number of rotatable bonds is 4. The van der Waals surface area contributed by atoms with Gasteiger partial charge in [0.2, 0.25) is 5.91 Å². The first kappa shape index (κ1) is 16.1. The largest absolute Gasteiger partial charge is 0.308 e. The van der Waals surface area contributed by atoms with E-state index in [2.05, 4.69) is 10.3 Å². The molecular weight excluding hydrogens is 334 g/mol. The van der Waals surface area contributed by atoms with Gasteiger partial charge >= 0.3 is 0 Å². The highest BCUT2D eigenvalue weighted by molar-refractivity contribution is 8.00. The van der Waals surface area contributed by atoms with E-state index >= 15 is 0 Å². The third kappa shape index (κ3) is 4.33. The van der Waals surface area contributed by atoms with E-state index in [0.29, 0.717) is 9.92 Å². The van der Waals surface area contributed by atoms with E-state index < -0.39 is 5.25 Å². The molecule has 0 aliphatic carbocycles. The number of thioether (sulfide) groups is 1. The molecule has 1 N–H and O–H groups in total. The molecule has 1 aromatic carbocycles. The molecule has 21 heavy (non-hydrogen) atoms. The van der Waals surface area contributed by atoms with Crippen molar-refractivity contribution in [1.82, 2.24) is 4.98 Å². The normalized spacial score (nSPS) is 12.0. The zero-order chi connectivity index (χ0) is 15.4. The molecule has 0 aliphatic rings. The topological polar surface area (TPSA) is 42.0 Å². The summed E-state index contributed by atoms with van der Waals surface area (Å²) in [5.74, 6) is -0.447. The molecule has 0 saturated heterocycles. The quantitative estimate of drug-likeness (QED) is 0.821. The molecule has 1 heterocycles. The minimum Gasteiger partial charge on any atom is -0.308 e. The number of amides is 1. The molecule has 0 saturated carbocycles. The fourth-order valence-electron chi connectivity index (χ4n) is 1.51. The van der Waals surface area contributed by atoms with Crippen LogP contribution in [0.4, 0.5) is 10.2 Å². The van der Waals surface area contributed by atoms with Gasteiger partial charge in [0.15, 0.2) is 5.82 Å². The summed E-state index contributed by atoms with van der Waals surface area (Å²) in [4.78, 5) is 16.4. The van der Waals surface area contributed by atoms with Crippen LogP contribution in [0.3, 0.4) is 0 Å². The summed E-state index contributed by atoms with van der Waals surface area (Å²) >= 11 is 12.8. The van der Waals surface area contributed by atoms with Crippen molar-refractivity contribution in [2.24, 2.45) is 0 Å². The number of hydrogen-bond acceptors (Lipinski definition) is 3. The number of aromatic nitrogens is 1. The van der Waals surface area contributed by atoms with Crippen LogP contribution >= 0.6 is 35.0 Å². The second kappa shape index (κ2) is 7.11. The maximum absolute atomic E-state index is 13.5. The van der Waals surface area contributed by atoms with E-state index in [1.807, 2.05) is 0 Å². The van der Waals surface area contributed by atoms with Crippen molar-refractivity contribution >= 4 is 46.7 Å². The molecule has 0 aliphatic heterocycles. The number of pyridine rings is 1. The van der Waals surface area contributed by atoms with E-state index in [-0.39, 0.29) is 22.6 Å². The minimum absolute atomic E-state index is 0.229. The summed E-state index contributed by atoms with van der Waals surface area (Å²) in [7, 11) is 0. The number of nitrogens with zero attached hydrogens (tertiary/aromatic N) is 1. The lowest BCUT2D eigenvalue weighted by Crippen LogP contribution is -2.23. The average Bonchev–Trinajstić information content (AvgIpc) is 2.44. The smallest absolute Gasteiger partial charge is 0.238 e. The first-order valence-electron chi connectivity index (χ1n) is 6.00. The molecule has 0 bridgehead atoms. The average molecular weight is 345 g/mol. The molecule has 2 rings (SSSR count). The van der Waals surface area contributed by atoms with Crippen LogP contribution in [-0.4, -0.2) is 16.1 Å². The number of hydrogen-bond donors (Lipinski definition) is 1. The second-order valence-corrected chi connectivity index (χ2v) is 6.39. The molecule has 1 aromatic heterocycles. The van der Waals surface area contributed by atoms with Gasteiger partial charge in [-0.2, -0.15) is 0 Å². The molecule has 3 nitrogen and oxygen atoms in total. The predicted octanol–water partition coefficient (Wildman–Crippen LogP) is 4.65. The van der Waals surface area contributed by atoms with Crippen LogP contribution in [0.25, 0.3) is 0 Å². The number of carbonyl (C=O) groups excluding carboxylic acids is 1. The van der Waals surface area contributed by atoms with Gasteiger partial charge in [0.1, 0.15) is 5.82 Å². The van der Waals surface area contributed by atoms with Crippen molar-refractivity contribution in [2.75, 3.05) is 5.32 Å². The number of carbonyl (C=O) groups is 1. The molecule has 0 unspecified atom stereocenters. The molecule has 2 aromatic rings. The van der Waals surface area contributed by atoms with Gasteiger partial charge in [-0.3, -0.25) is 4.79 Å². The first-order chi connectivity index (χ1) is 9.97. The highest BCUT2D eigenvalue weighted by Gasteiger charge is 2.18. The Labute approximate surface area is 135 Å². The summed E-state index contributed by atoms with van der Waals surface area (Å²) < 4.78 is 13.5. The monoisotopic (exact) mass is 344 g/mol. The van der Waals surface area contributed by atoms with Gasteiger partial charge in [0, 0.05) is 11.1 Å². The van der Waals surface area contributed by atoms with Gasteiger partial charge in [-0.15, -0.1) is 11.8 Å². The van der Waals surface area contributed by atoms with Crippen LogP contribution in [0.5, 0.6) is 0 Å². The first-order valence-corrected chi connectivity index (χ1v) is 7.64. The van der Waals surface area contributed by atoms with Crippen LogP contribution in [0.2, 0.25) is 10.0 Å². The van der Waals surface area contributed by atoms with Crippen molar-refractivity contribution < 1.29 is 9.18 Å².